The highest BCUT2D eigenvalue weighted by Gasteiger charge is 2.65. The minimum atomic E-state index is -0.502. The number of aromatic amines is 1. The Bertz CT molecular complexity index is 1530. The molecule has 8 heteroatoms. The van der Waals surface area contributed by atoms with Crippen molar-refractivity contribution in [3.8, 4) is 5.75 Å². The lowest BCUT2D eigenvalue weighted by atomic mass is 9.91. The lowest BCUT2D eigenvalue weighted by Gasteiger charge is -2.25. The number of ether oxygens (including phenoxy) is 2. The first-order valence-corrected chi connectivity index (χ1v) is 13.6. The maximum Gasteiger partial charge on any atom is 0.235 e. The summed E-state index contributed by atoms with van der Waals surface area (Å²) in [5.74, 6) is 1.00. The second-order valence-corrected chi connectivity index (χ2v) is 11.1. The van der Waals surface area contributed by atoms with Crippen LogP contribution in [0, 0.1) is 0 Å². The molecule has 2 aromatic heterocycles. The fraction of sp³-hybridized carbons (Fsp3) is 0.310. The molecule has 4 aromatic rings. The lowest BCUT2D eigenvalue weighted by molar-refractivity contribution is -0.118. The Balaban J connectivity index is 1.09. The van der Waals surface area contributed by atoms with Gasteiger partial charge in [-0.3, -0.25) is 14.8 Å². The minimum absolute atomic E-state index is 0.0813. The van der Waals surface area contributed by atoms with E-state index in [0.29, 0.717) is 0 Å². The van der Waals surface area contributed by atoms with Crippen molar-refractivity contribution in [2.24, 2.45) is 0 Å². The molecule has 1 saturated carbocycles. The van der Waals surface area contributed by atoms with Crippen molar-refractivity contribution in [3.05, 3.63) is 75.1 Å². The molecule has 2 fully saturated rings. The summed E-state index contributed by atoms with van der Waals surface area (Å²) in [5, 5.41) is 14.1. The van der Waals surface area contributed by atoms with Gasteiger partial charge in [0.15, 0.2) is 0 Å². The van der Waals surface area contributed by atoms with E-state index in [9.17, 15) is 4.79 Å². The number of aromatic nitrogens is 2. The molecule has 7 nitrogen and oxygen atoms in total. The summed E-state index contributed by atoms with van der Waals surface area (Å²) in [5.41, 5.74) is 5.69. The topological polar surface area (TPSA) is 79.5 Å². The van der Waals surface area contributed by atoms with Crippen molar-refractivity contribution in [2.75, 3.05) is 38.7 Å². The third-order valence-corrected chi connectivity index (χ3v) is 8.87. The molecule has 4 heterocycles. The molecule has 2 atom stereocenters. The Morgan fingerprint density at radius 2 is 2.08 bits per heavy atom. The lowest BCUT2D eigenvalue weighted by Crippen LogP contribution is -2.35. The predicted octanol–water partition coefficient (Wildman–Crippen LogP) is 5.01. The monoisotopic (exact) mass is 512 g/mol. The second kappa shape index (κ2) is 8.83. The molecule has 1 aliphatic carbocycles. The normalized spacial score (nSPS) is 23.2. The summed E-state index contributed by atoms with van der Waals surface area (Å²) in [6.07, 6.45) is 5.01. The van der Waals surface area contributed by atoms with E-state index < -0.39 is 5.41 Å². The van der Waals surface area contributed by atoms with Crippen LogP contribution in [0.15, 0.2) is 47.8 Å². The number of amides is 1. The van der Waals surface area contributed by atoms with E-state index in [1.165, 1.54) is 10.4 Å². The number of morpholine rings is 1. The largest absolute Gasteiger partial charge is 0.497 e. The molecule has 1 saturated heterocycles. The van der Waals surface area contributed by atoms with Crippen molar-refractivity contribution in [3.63, 3.8) is 0 Å². The average Bonchev–Trinajstić information content (AvgIpc) is 3.16. The van der Waals surface area contributed by atoms with Gasteiger partial charge < -0.3 is 14.8 Å². The van der Waals surface area contributed by atoms with E-state index in [2.05, 4.69) is 62.2 Å². The molecular formula is C29H28N4O3S. The Morgan fingerprint density at radius 3 is 2.95 bits per heavy atom. The van der Waals surface area contributed by atoms with Crippen LogP contribution in [-0.4, -0.2) is 54.4 Å². The molecular weight excluding hydrogens is 484 g/mol. The Morgan fingerprint density at radius 1 is 1.19 bits per heavy atom. The molecule has 1 amide bonds. The number of methoxy groups -OCH3 is 1. The smallest absolute Gasteiger partial charge is 0.235 e. The molecule has 3 aliphatic rings. The number of benzene rings is 2. The van der Waals surface area contributed by atoms with Crippen LogP contribution < -0.4 is 10.1 Å². The van der Waals surface area contributed by atoms with Crippen LogP contribution in [-0.2, 0) is 21.5 Å². The number of anilines is 1. The number of nitrogens with one attached hydrogen (secondary N) is 2. The third-order valence-electron chi connectivity index (χ3n) is 7.93. The van der Waals surface area contributed by atoms with Crippen LogP contribution in [0.3, 0.4) is 0 Å². The molecule has 2 aromatic carbocycles. The average molecular weight is 513 g/mol. The Hall–Kier alpha value is -3.46. The molecule has 7 rings (SSSR count). The summed E-state index contributed by atoms with van der Waals surface area (Å²) in [6, 6.07) is 14.5. The number of hydrogen-bond acceptors (Lipinski definition) is 6. The van der Waals surface area contributed by atoms with Crippen molar-refractivity contribution >= 4 is 46.0 Å². The summed E-state index contributed by atoms with van der Waals surface area (Å²) in [6.45, 7) is 4.62. The first kappa shape index (κ1) is 22.7. The Labute approximate surface area is 219 Å². The van der Waals surface area contributed by atoms with E-state index in [-0.39, 0.29) is 11.8 Å². The molecule has 0 radical (unpaired) electrons. The number of rotatable bonds is 6. The molecule has 2 aliphatic heterocycles. The van der Waals surface area contributed by atoms with Gasteiger partial charge in [-0.1, -0.05) is 18.2 Å². The van der Waals surface area contributed by atoms with E-state index in [1.54, 1.807) is 18.4 Å². The van der Waals surface area contributed by atoms with Gasteiger partial charge in [0.2, 0.25) is 5.91 Å². The van der Waals surface area contributed by atoms with E-state index in [0.717, 1.165) is 78.4 Å². The van der Waals surface area contributed by atoms with E-state index >= 15 is 0 Å². The second-order valence-electron chi connectivity index (χ2n) is 10.1. The van der Waals surface area contributed by atoms with Crippen LogP contribution in [0.25, 0.3) is 23.1 Å². The number of carbonyl (C=O) groups excluding carboxylic acids is 1. The molecule has 0 unspecified atom stereocenters. The number of nitrogens with zero attached hydrogens (tertiary/aromatic N) is 2. The van der Waals surface area contributed by atoms with Crippen LogP contribution in [0.5, 0.6) is 5.75 Å². The first-order valence-electron chi connectivity index (χ1n) is 12.7. The number of hydrogen-bond donors (Lipinski definition) is 2. The molecule has 0 bridgehead atoms. The summed E-state index contributed by atoms with van der Waals surface area (Å²) in [7, 11) is 1.66. The summed E-state index contributed by atoms with van der Waals surface area (Å²) in [4.78, 5) is 16.8. The SMILES string of the molecule is COc1ccc2c(c1)[C@]1(C[C@H]1c1ccc3c(C=Cc4csc(CN5CCOCC5)c4)n[nH]c3c1)C(=O)N2. The van der Waals surface area contributed by atoms with Gasteiger partial charge in [-0.15, -0.1) is 11.3 Å². The van der Waals surface area contributed by atoms with Crippen LogP contribution in [0.4, 0.5) is 5.69 Å². The van der Waals surface area contributed by atoms with Gasteiger partial charge >= 0.3 is 0 Å². The van der Waals surface area contributed by atoms with Gasteiger partial charge in [-0.2, -0.15) is 5.10 Å². The number of H-pyrrole nitrogens is 1. The van der Waals surface area contributed by atoms with Gasteiger partial charge in [0.25, 0.3) is 0 Å². The van der Waals surface area contributed by atoms with Gasteiger partial charge in [0, 0.05) is 41.5 Å². The van der Waals surface area contributed by atoms with Crippen molar-refractivity contribution in [2.45, 2.75) is 24.3 Å². The molecule has 37 heavy (non-hydrogen) atoms. The van der Waals surface area contributed by atoms with Crippen molar-refractivity contribution in [1.82, 2.24) is 15.1 Å². The van der Waals surface area contributed by atoms with E-state index in [4.69, 9.17) is 9.47 Å². The zero-order valence-electron chi connectivity index (χ0n) is 20.6. The van der Waals surface area contributed by atoms with Crippen LogP contribution in [0.2, 0.25) is 0 Å². The number of thiophene rings is 1. The Kier molecular flexibility index (Phi) is 5.42. The fourth-order valence-corrected chi connectivity index (χ4v) is 6.72. The zero-order chi connectivity index (χ0) is 25.0. The molecule has 1 spiro atoms. The minimum Gasteiger partial charge on any atom is -0.497 e. The summed E-state index contributed by atoms with van der Waals surface area (Å²) >= 11 is 1.80. The standard InChI is InChI=1S/C29H28N4O3S/c1-35-20-4-7-26-23(14-20)29(28(34)30-26)15-24(29)19-3-5-22-25(31-32-27(22)13-19)6-2-18-12-21(37-17-18)16-33-8-10-36-11-9-33/h2-7,12-14,17,24H,8-11,15-16H2,1H3,(H,30,34)(H,31,32)/t24-,29-/m0/s1. The third kappa shape index (κ3) is 3.87. The van der Waals surface area contributed by atoms with Crippen LogP contribution in [0.1, 0.15) is 39.6 Å². The molecule has 2 N–H and O–H groups in total. The summed E-state index contributed by atoms with van der Waals surface area (Å²) < 4.78 is 10.9. The van der Waals surface area contributed by atoms with Gasteiger partial charge in [0.1, 0.15) is 5.75 Å². The van der Waals surface area contributed by atoms with Crippen molar-refractivity contribution < 1.29 is 14.3 Å². The molecule has 188 valence electrons. The van der Waals surface area contributed by atoms with E-state index in [1.807, 2.05) is 18.2 Å². The van der Waals surface area contributed by atoms with Crippen molar-refractivity contribution in [1.29, 1.82) is 0 Å². The fourth-order valence-electron chi connectivity index (χ4n) is 5.82. The van der Waals surface area contributed by atoms with Gasteiger partial charge in [0.05, 0.1) is 36.9 Å². The van der Waals surface area contributed by atoms with Gasteiger partial charge in [-0.25, -0.2) is 0 Å². The maximum atomic E-state index is 13.0. The highest BCUT2D eigenvalue weighted by atomic mass is 32.1. The zero-order valence-corrected chi connectivity index (χ0v) is 21.4. The number of fused-ring (bicyclic) bond motifs is 3. The maximum absolute atomic E-state index is 13.0. The highest BCUT2D eigenvalue weighted by molar-refractivity contribution is 7.10. The predicted molar refractivity (Wildman–Crippen MR) is 146 cm³/mol. The van der Waals surface area contributed by atoms with Crippen LogP contribution >= 0.6 is 11.3 Å². The number of carbonyl (C=O) groups is 1. The first-order chi connectivity index (χ1) is 18.1. The quantitative estimate of drug-likeness (QED) is 0.380. The highest BCUT2D eigenvalue weighted by Crippen LogP contribution is 2.65. The van der Waals surface area contributed by atoms with Gasteiger partial charge in [-0.05, 0) is 64.9 Å².